The molecule has 0 radical (unpaired) electrons. The van der Waals surface area contributed by atoms with Crippen molar-refractivity contribution in [3.8, 4) is 11.8 Å². The van der Waals surface area contributed by atoms with Gasteiger partial charge in [-0.1, -0.05) is 0 Å². The minimum Gasteiger partial charge on any atom is -0.465 e. The van der Waals surface area contributed by atoms with Gasteiger partial charge in [0.15, 0.2) is 0 Å². The summed E-state index contributed by atoms with van der Waals surface area (Å²) < 4.78 is 44.5. The molecule has 8 heteroatoms. The Morgan fingerprint density at radius 1 is 1.47 bits per heavy atom. The molecule has 0 heterocycles. The smallest absolute Gasteiger partial charge is 0.465 e. The summed E-state index contributed by atoms with van der Waals surface area (Å²) in [6, 6.07) is 3.35. The molecule has 0 saturated heterocycles. The highest BCUT2D eigenvalue weighted by molar-refractivity contribution is 5.93. The maximum atomic E-state index is 12.1. The first-order chi connectivity index (χ1) is 8.84. The lowest BCUT2D eigenvalue weighted by molar-refractivity contribution is -0.275. The van der Waals surface area contributed by atoms with Crippen LogP contribution >= 0.6 is 0 Å². The Balaban J connectivity index is 3.40. The normalized spacial score (nSPS) is 10.7. The quantitative estimate of drug-likeness (QED) is 0.850. The lowest BCUT2D eigenvalue weighted by atomic mass is 10.0. The van der Waals surface area contributed by atoms with Crippen LogP contribution in [0.2, 0.25) is 0 Å². The highest BCUT2D eigenvalue weighted by Crippen LogP contribution is 2.30. The highest BCUT2D eigenvalue weighted by Gasteiger charge is 2.33. The van der Waals surface area contributed by atoms with Gasteiger partial charge in [-0.15, -0.1) is 13.2 Å². The molecule has 0 aliphatic rings. The van der Waals surface area contributed by atoms with Gasteiger partial charge in [0.05, 0.1) is 24.8 Å². The predicted molar refractivity (Wildman–Crippen MR) is 55.1 cm³/mol. The maximum absolute atomic E-state index is 12.1. The maximum Gasteiger partial charge on any atom is 0.573 e. The van der Waals surface area contributed by atoms with Gasteiger partial charge in [-0.2, -0.15) is 5.26 Å². The monoisotopic (exact) mass is 275 g/mol. The van der Waals surface area contributed by atoms with Crippen LogP contribution in [0, 0.1) is 11.3 Å². The molecule has 1 aromatic carbocycles. The number of halogens is 3. The molecule has 0 aliphatic heterocycles. The van der Waals surface area contributed by atoms with Crippen LogP contribution in [0.1, 0.15) is 21.5 Å². The van der Waals surface area contributed by atoms with E-state index >= 15 is 0 Å². The number of nitrogens with zero attached hydrogens (tertiary/aromatic N) is 1. The number of alkyl halides is 3. The van der Waals surface area contributed by atoms with Gasteiger partial charge in [0.25, 0.3) is 0 Å². The number of nitriles is 1. The van der Waals surface area contributed by atoms with E-state index in [1.54, 1.807) is 6.07 Å². The Hall–Kier alpha value is -2.27. The number of carbonyl (C=O) groups excluding carboxylic acids is 1. The van der Waals surface area contributed by atoms with E-state index in [-0.39, 0.29) is 5.56 Å². The molecule has 5 nitrogen and oxygen atoms in total. The van der Waals surface area contributed by atoms with Crippen LogP contribution in [-0.2, 0) is 11.3 Å². The zero-order valence-corrected chi connectivity index (χ0v) is 9.61. The van der Waals surface area contributed by atoms with E-state index in [0.29, 0.717) is 0 Å². The Bertz CT molecular complexity index is 534. The molecule has 0 spiro atoms. The average Bonchev–Trinajstić information content (AvgIpc) is 2.35. The Morgan fingerprint density at radius 2 is 2.11 bits per heavy atom. The average molecular weight is 275 g/mol. The van der Waals surface area contributed by atoms with Crippen molar-refractivity contribution >= 4 is 5.97 Å². The summed E-state index contributed by atoms with van der Waals surface area (Å²) in [6.45, 7) is -0.890. The third-order valence-electron chi connectivity index (χ3n) is 2.17. The summed E-state index contributed by atoms with van der Waals surface area (Å²) in [4.78, 5) is 11.3. The first-order valence-corrected chi connectivity index (χ1v) is 4.85. The number of hydrogen-bond acceptors (Lipinski definition) is 5. The van der Waals surface area contributed by atoms with Gasteiger partial charge in [0.1, 0.15) is 11.8 Å². The lowest BCUT2D eigenvalue weighted by Crippen LogP contribution is -2.19. The molecule has 0 fully saturated rings. The van der Waals surface area contributed by atoms with E-state index in [9.17, 15) is 18.0 Å². The van der Waals surface area contributed by atoms with Crippen LogP contribution in [0.5, 0.6) is 5.75 Å². The molecule has 0 amide bonds. The van der Waals surface area contributed by atoms with Crippen molar-refractivity contribution in [1.29, 1.82) is 5.26 Å². The van der Waals surface area contributed by atoms with Crippen molar-refractivity contribution in [2.45, 2.75) is 13.0 Å². The summed E-state index contributed by atoms with van der Waals surface area (Å²) in [5, 5.41) is 17.9. The van der Waals surface area contributed by atoms with Crippen molar-refractivity contribution in [3.63, 3.8) is 0 Å². The van der Waals surface area contributed by atoms with Gasteiger partial charge in [-0.3, -0.25) is 0 Å². The summed E-state index contributed by atoms with van der Waals surface area (Å²) in [5.74, 6) is -1.64. The number of ether oxygens (including phenoxy) is 2. The van der Waals surface area contributed by atoms with Gasteiger partial charge >= 0.3 is 12.3 Å². The summed E-state index contributed by atoms with van der Waals surface area (Å²) in [5.41, 5.74) is -1.10. The largest absolute Gasteiger partial charge is 0.573 e. The third kappa shape index (κ3) is 3.35. The third-order valence-corrected chi connectivity index (χ3v) is 2.17. The fraction of sp³-hybridized carbons (Fsp3) is 0.273. The molecule has 1 N–H and O–H groups in total. The van der Waals surface area contributed by atoms with Crippen LogP contribution in [0.25, 0.3) is 0 Å². The summed E-state index contributed by atoms with van der Waals surface area (Å²) in [7, 11) is 1.06. The number of aliphatic hydroxyl groups excluding tert-OH is 1. The Morgan fingerprint density at radius 3 is 2.53 bits per heavy atom. The second kappa shape index (κ2) is 5.58. The van der Waals surface area contributed by atoms with E-state index in [1.807, 2.05) is 0 Å². The van der Waals surface area contributed by atoms with E-state index in [1.165, 1.54) is 0 Å². The van der Waals surface area contributed by atoms with E-state index < -0.39 is 35.8 Å². The van der Waals surface area contributed by atoms with Gasteiger partial charge in [0.2, 0.25) is 0 Å². The van der Waals surface area contributed by atoms with Crippen molar-refractivity contribution < 1.29 is 32.5 Å². The fourth-order valence-corrected chi connectivity index (χ4v) is 1.41. The Labute approximate surface area is 105 Å². The molecule has 102 valence electrons. The second-order valence-corrected chi connectivity index (χ2v) is 3.27. The van der Waals surface area contributed by atoms with Gasteiger partial charge in [-0.25, -0.2) is 4.79 Å². The highest BCUT2D eigenvalue weighted by atomic mass is 19.4. The molecule has 1 rings (SSSR count). The van der Waals surface area contributed by atoms with Crippen LogP contribution in [0.3, 0.4) is 0 Å². The van der Waals surface area contributed by atoms with E-state index in [2.05, 4.69) is 9.47 Å². The number of carbonyl (C=O) groups is 1. The zero-order valence-electron chi connectivity index (χ0n) is 9.61. The van der Waals surface area contributed by atoms with Gasteiger partial charge < -0.3 is 14.6 Å². The molecular weight excluding hydrogens is 267 g/mol. The minimum absolute atomic E-state index is 0.247. The van der Waals surface area contributed by atoms with Crippen molar-refractivity contribution in [1.82, 2.24) is 0 Å². The zero-order chi connectivity index (χ0) is 14.6. The molecule has 1 aromatic rings. The van der Waals surface area contributed by atoms with Gasteiger partial charge in [-0.05, 0) is 12.1 Å². The predicted octanol–water partition coefficient (Wildman–Crippen LogP) is 1.74. The molecule has 0 saturated carbocycles. The summed E-state index contributed by atoms with van der Waals surface area (Å²) >= 11 is 0. The first kappa shape index (κ1) is 14.8. The molecule has 0 aromatic heterocycles. The Kier molecular flexibility index (Phi) is 4.34. The van der Waals surface area contributed by atoms with Crippen molar-refractivity contribution in [2.75, 3.05) is 7.11 Å². The standard InChI is InChI=1S/C11H8F3NO4/c1-18-10(17)6-2-3-9(19-11(12,13)14)8(5-16)7(6)4-15/h2-3,16H,5H2,1H3. The number of esters is 1. The molecule has 0 unspecified atom stereocenters. The fourth-order valence-electron chi connectivity index (χ4n) is 1.41. The van der Waals surface area contributed by atoms with Crippen LogP contribution in [-0.4, -0.2) is 24.5 Å². The topological polar surface area (TPSA) is 79.6 Å². The van der Waals surface area contributed by atoms with Crippen molar-refractivity contribution in [3.05, 3.63) is 28.8 Å². The van der Waals surface area contributed by atoms with E-state index in [0.717, 1.165) is 19.2 Å². The molecule has 0 bridgehead atoms. The van der Waals surface area contributed by atoms with Crippen LogP contribution < -0.4 is 4.74 Å². The van der Waals surface area contributed by atoms with Crippen LogP contribution in [0.4, 0.5) is 13.2 Å². The van der Waals surface area contributed by atoms with Gasteiger partial charge in [0, 0.05) is 5.56 Å². The van der Waals surface area contributed by atoms with Crippen molar-refractivity contribution in [2.24, 2.45) is 0 Å². The summed E-state index contributed by atoms with van der Waals surface area (Å²) in [6.07, 6.45) is -4.97. The minimum atomic E-state index is -4.97. The lowest BCUT2D eigenvalue weighted by Gasteiger charge is -2.14. The number of benzene rings is 1. The number of aliphatic hydroxyl groups is 1. The number of methoxy groups -OCH3 is 1. The van der Waals surface area contributed by atoms with E-state index in [4.69, 9.17) is 10.4 Å². The SMILES string of the molecule is COC(=O)c1ccc(OC(F)(F)F)c(CO)c1C#N. The molecule has 0 aliphatic carbocycles. The second-order valence-electron chi connectivity index (χ2n) is 3.27. The van der Waals surface area contributed by atoms with Crippen LogP contribution in [0.15, 0.2) is 12.1 Å². The molecule has 0 atom stereocenters. The number of hydrogen-bond donors (Lipinski definition) is 1. The molecular formula is C11H8F3NO4. The number of rotatable bonds is 3. The molecule has 19 heavy (non-hydrogen) atoms. The first-order valence-electron chi connectivity index (χ1n) is 4.85.